The quantitative estimate of drug-likeness (QED) is 0.423. The van der Waals surface area contributed by atoms with Crippen molar-refractivity contribution >= 4 is 17.5 Å². The molecule has 1 fully saturated rings. The molecule has 0 unspecified atom stereocenters. The maximum atomic E-state index is 12.4. The van der Waals surface area contributed by atoms with Crippen molar-refractivity contribution in [1.82, 2.24) is 14.8 Å². The van der Waals surface area contributed by atoms with Crippen LogP contribution in [0.3, 0.4) is 0 Å². The van der Waals surface area contributed by atoms with Crippen LogP contribution in [0.25, 0.3) is 0 Å². The first-order valence-corrected chi connectivity index (χ1v) is 9.51. The van der Waals surface area contributed by atoms with Gasteiger partial charge in [0.1, 0.15) is 6.33 Å². The van der Waals surface area contributed by atoms with Gasteiger partial charge in [0, 0.05) is 12.1 Å². The number of carbonyl (C=O) groups is 1. The van der Waals surface area contributed by atoms with E-state index < -0.39 is 0 Å². The summed E-state index contributed by atoms with van der Waals surface area (Å²) in [5.74, 6) is 1.18. The van der Waals surface area contributed by atoms with Gasteiger partial charge < -0.3 is 4.57 Å². The van der Waals surface area contributed by atoms with Gasteiger partial charge in [0.2, 0.25) is 0 Å². The number of ketones is 1. The summed E-state index contributed by atoms with van der Waals surface area (Å²) in [5, 5.41) is 8.69. The molecule has 5 heteroatoms. The third-order valence-corrected chi connectivity index (χ3v) is 5.53. The van der Waals surface area contributed by atoms with E-state index in [4.69, 9.17) is 0 Å². The zero-order chi connectivity index (χ0) is 16.8. The van der Waals surface area contributed by atoms with Crippen LogP contribution in [0.1, 0.15) is 53.9 Å². The van der Waals surface area contributed by atoms with E-state index in [0.29, 0.717) is 18.2 Å². The first-order chi connectivity index (χ1) is 11.8. The van der Waals surface area contributed by atoms with Crippen molar-refractivity contribution in [3.63, 3.8) is 0 Å². The molecule has 2 aromatic rings. The van der Waals surface area contributed by atoms with Crippen LogP contribution in [-0.2, 0) is 6.54 Å². The Morgan fingerprint density at radius 3 is 2.71 bits per heavy atom. The van der Waals surface area contributed by atoms with Crippen LogP contribution in [0.4, 0.5) is 0 Å². The van der Waals surface area contributed by atoms with Gasteiger partial charge in [-0.3, -0.25) is 4.79 Å². The number of hydrogen-bond acceptors (Lipinski definition) is 4. The largest absolute Gasteiger partial charge is 0.305 e. The van der Waals surface area contributed by atoms with Crippen molar-refractivity contribution in [2.75, 3.05) is 5.75 Å². The smallest absolute Gasteiger partial charge is 0.191 e. The highest BCUT2D eigenvalue weighted by molar-refractivity contribution is 7.99. The average Bonchev–Trinajstić information content (AvgIpc) is 3.08. The lowest BCUT2D eigenvalue weighted by Crippen LogP contribution is -2.07. The number of allylic oxidation sites excluding steroid dienone is 1. The number of benzene rings is 1. The fourth-order valence-electron chi connectivity index (χ4n) is 3.21. The molecule has 0 atom stereocenters. The van der Waals surface area contributed by atoms with Gasteiger partial charge in [-0.05, 0) is 24.3 Å². The van der Waals surface area contributed by atoms with Gasteiger partial charge in [-0.2, -0.15) is 0 Å². The highest BCUT2D eigenvalue weighted by atomic mass is 32.2. The van der Waals surface area contributed by atoms with E-state index in [-0.39, 0.29) is 5.78 Å². The molecular weight excluding hydrogens is 318 g/mol. The number of hydrogen-bond donors (Lipinski definition) is 0. The summed E-state index contributed by atoms with van der Waals surface area (Å²) in [5.41, 5.74) is 2.15. The zero-order valence-electron chi connectivity index (χ0n) is 13.9. The molecule has 24 heavy (non-hydrogen) atoms. The molecule has 1 heterocycles. The second kappa shape index (κ2) is 8.29. The number of carbonyl (C=O) groups excluding carboxylic acids is 1. The maximum Gasteiger partial charge on any atom is 0.191 e. The molecule has 1 aromatic carbocycles. The van der Waals surface area contributed by atoms with Crippen molar-refractivity contribution in [3.8, 4) is 0 Å². The molecule has 0 N–H and O–H groups in total. The van der Waals surface area contributed by atoms with Gasteiger partial charge in [0.25, 0.3) is 0 Å². The minimum Gasteiger partial charge on any atom is -0.305 e. The summed E-state index contributed by atoms with van der Waals surface area (Å²) in [4.78, 5) is 12.4. The Kier molecular flexibility index (Phi) is 5.86. The van der Waals surface area contributed by atoms with Crippen molar-refractivity contribution in [2.24, 2.45) is 0 Å². The number of thioether (sulfide) groups is 1. The highest BCUT2D eigenvalue weighted by Crippen LogP contribution is 2.32. The molecule has 0 aliphatic heterocycles. The standard InChI is InChI=1S/C19H23N3OS/c1-2-12-22-14-20-21-19(22)24-13-18(23)17-10-8-16(9-11-17)15-6-4-3-5-7-15/h2,8-11,14-15H,1,3-7,12-13H2. The second-order valence-electron chi connectivity index (χ2n) is 6.22. The van der Waals surface area contributed by atoms with Crippen LogP contribution in [0.15, 0.2) is 48.4 Å². The Labute approximate surface area is 147 Å². The molecule has 1 aromatic heterocycles. The summed E-state index contributed by atoms with van der Waals surface area (Å²) in [6, 6.07) is 8.21. The van der Waals surface area contributed by atoms with Crippen LogP contribution in [-0.4, -0.2) is 26.3 Å². The van der Waals surface area contributed by atoms with Gasteiger partial charge in [-0.1, -0.05) is 61.4 Å². The number of rotatable bonds is 7. The van der Waals surface area contributed by atoms with E-state index in [2.05, 4.69) is 28.9 Å². The first-order valence-electron chi connectivity index (χ1n) is 8.52. The fraction of sp³-hybridized carbons (Fsp3) is 0.421. The Morgan fingerprint density at radius 1 is 1.25 bits per heavy atom. The van der Waals surface area contributed by atoms with Crippen molar-refractivity contribution < 1.29 is 4.79 Å². The summed E-state index contributed by atoms with van der Waals surface area (Å²) in [6.45, 7) is 4.37. The summed E-state index contributed by atoms with van der Waals surface area (Å²) in [7, 11) is 0. The molecule has 4 nitrogen and oxygen atoms in total. The zero-order valence-corrected chi connectivity index (χ0v) is 14.7. The molecule has 1 saturated carbocycles. The van der Waals surface area contributed by atoms with Gasteiger partial charge >= 0.3 is 0 Å². The predicted octanol–water partition coefficient (Wildman–Crippen LogP) is 4.49. The molecule has 0 spiro atoms. The molecule has 1 aliphatic carbocycles. The van der Waals surface area contributed by atoms with E-state index in [9.17, 15) is 4.79 Å². The summed E-state index contributed by atoms with van der Waals surface area (Å²) in [6.07, 6.45) is 10.0. The topological polar surface area (TPSA) is 47.8 Å². The second-order valence-corrected chi connectivity index (χ2v) is 7.17. The fourth-order valence-corrected chi connectivity index (χ4v) is 4.03. The van der Waals surface area contributed by atoms with E-state index in [1.54, 1.807) is 12.4 Å². The minimum atomic E-state index is 0.128. The Morgan fingerprint density at radius 2 is 2.00 bits per heavy atom. The lowest BCUT2D eigenvalue weighted by atomic mass is 9.84. The Bertz CT molecular complexity index is 687. The summed E-state index contributed by atoms with van der Waals surface area (Å²) >= 11 is 1.42. The van der Waals surface area contributed by atoms with Crippen LogP contribution in [0.2, 0.25) is 0 Å². The van der Waals surface area contributed by atoms with Gasteiger partial charge in [0.15, 0.2) is 10.9 Å². The van der Waals surface area contributed by atoms with Crippen LogP contribution >= 0.6 is 11.8 Å². The number of Topliss-reactive ketones (excluding diaryl/α,β-unsaturated/α-hetero) is 1. The molecular formula is C19H23N3OS. The lowest BCUT2D eigenvalue weighted by molar-refractivity contribution is 0.102. The highest BCUT2D eigenvalue weighted by Gasteiger charge is 2.16. The molecule has 3 rings (SSSR count). The van der Waals surface area contributed by atoms with Crippen molar-refractivity contribution in [1.29, 1.82) is 0 Å². The molecule has 0 radical (unpaired) electrons. The number of nitrogens with zero attached hydrogens (tertiary/aromatic N) is 3. The molecule has 0 amide bonds. The van der Waals surface area contributed by atoms with Gasteiger partial charge in [-0.25, -0.2) is 0 Å². The van der Waals surface area contributed by atoms with Crippen molar-refractivity contribution in [2.45, 2.75) is 49.7 Å². The first kappa shape index (κ1) is 17.0. The third-order valence-electron chi connectivity index (χ3n) is 4.55. The predicted molar refractivity (Wildman–Crippen MR) is 97.5 cm³/mol. The SMILES string of the molecule is C=CCn1cnnc1SCC(=O)c1ccc(C2CCCCC2)cc1. The van der Waals surface area contributed by atoms with Crippen LogP contribution < -0.4 is 0 Å². The molecule has 0 bridgehead atoms. The Hall–Kier alpha value is -1.88. The minimum absolute atomic E-state index is 0.128. The van der Waals surface area contributed by atoms with Crippen LogP contribution in [0.5, 0.6) is 0 Å². The average molecular weight is 341 g/mol. The van der Waals surface area contributed by atoms with E-state index >= 15 is 0 Å². The lowest BCUT2D eigenvalue weighted by Gasteiger charge is -2.22. The monoisotopic (exact) mass is 341 g/mol. The normalized spacial score (nSPS) is 15.3. The van der Waals surface area contributed by atoms with E-state index in [1.165, 1.54) is 49.4 Å². The van der Waals surface area contributed by atoms with Crippen LogP contribution in [0, 0.1) is 0 Å². The third kappa shape index (κ3) is 4.15. The molecule has 1 aliphatic rings. The molecule has 126 valence electrons. The van der Waals surface area contributed by atoms with Gasteiger partial charge in [0.05, 0.1) is 5.75 Å². The summed E-state index contributed by atoms with van der Waals surface area (Å²) < 4.78 is 1.89. The maximum absolute atomic E-state index is 12.4. The number of aromatic nitrogens is 3. The van der Waals surface area contributed by atoms with E-state index in [0.717, 1.165) is 10.7 Å². The van der Waals surface area contributed by atoms with E-state index in [1.807, 2.05) is 16.7 Å². The molecule has 0 saturated heterocycles. The van der Waals surface area contributed by atoms with Crippen molar-refractivity contribution in [3.05, 3.63) is 54.4 Å². The Balaban J connectivity index is 1.58. The van der Waals surface area contributed by atoms with Gasteiger partial charge in [-0.15, -0.1) is 16.8 Å².